The van der Waals surface area contributed by atoms with Gasteiger partial charge in [0.05, 0.1) is 11.6 Å². The van der Waals surface area contributed by atoms with Crippen LogP contribution in [0.3, 0.4) is 0 Å². The van der Waals surface area contributed by atoms with Gasteiger partial charge in [-0.1, -0.05) is 24.1 Å². The number of benzene rings is 1. The summed E-state index contributed by atoms with van der Waals surface area (Å²) in [5.74, 6) is 3.67. The predicted molar refractivity (Wildman–Crippen MR) is 153 cm³/mol. The van der Waals surface area contributed by atoms with Crippen LogP contribution in [0.1, 0.15) is 59.7 Å². The molecule has 5 rings (SSSR count). The van der Waals surface area contributed by atoms with Crippen LogP contribution in [-0.2, 0) is 16.1 Å². The SMILES string of the molecule is C#CCOc1ccccc1C1CN(c2csc(C3CCN(C(=O)Cn4nc(C(F)F)cc4C(F)F)CC3)n2)C(I)O1. The average Bonchev–Trinajstić information content (AvgIpc) is 3.71. The van der Waals surface area contributed by atoms with Crippen LogP contribution in [-0.4, -0.2) is 56.0 Å². The molecule has 1 aromatic carbocycles. The number of carbonyl (C=O) groups excluding carboxylic acids is 1. The fourth-order valence-electron chi connectivity index (χ4n) is 4.94. The lowest BCUT2D eigenvalue weighted by Gasteiger charge is -2.31. The van der Waals surface area contributed by atoms with Crippen molar-refractivity contribution in [1.82, 2.24) is 19.7 Å². The van der Waals surface area contributed by atoms with E-state index in [4.69, 9.17) is 20.9 Å². The number of rotatable bonds is 9. The summed E-state index contributed by atoms with van der Waals surface area (Å²) in [5, 5.41) is 6.46. The summed E-state index contributed by atoms with van der Waals surface area (Å²) < 4.78 is 64.8. The van der Waals surface area contributed by atoms with Crippen molar-refractivity contribution >= 4 is 45.7 Å². The first-order valence-electron chi connectivity index (χ1n) is 12.8. The summed E-state index contributed by atoms with van der Waals surface area (Å²) in [7, 11) is 0. The fraction of sp³-hybridized carbons (Fsp3) is 0.444. The van der Waals surface area contributed by atoms with E-state index in [0.29, 0.717) is 49.0 Å². The number of nitrogens with zero attached hydrogens (tertiary/aromatic N) is 5. The summed E-state index contributed by atoms with van der Waals surface area (Å²) in [6, 6.07) is 8.29. The van der Waals surface area contributed by atoms with Crippen LogP contribution in [0.25, 0.3) is 0 Å². The van der Waals surface area contributed by atoms with E-state index in [-0.39, 0.29) is 22.9 Å². The molecule has 2 saturated heterocycles. The standard InChI is InChI=1S/C27H26F4IN5O3S/c1-2-11-39-20-6-4-3-5-17(20)21-13-36(27(32)40-21)22-15-41-26(33-22)16-7-9-35(10-8-16)23(38)14-37-19(25(30)31)12-18(34-37)24(28)29/h1,3-6,12,15-16,21,24-25,27H,7-11,13-14H2. The van der Waals surface area contributed by atoms with Crippen molar-refractivity contribution in [2.24, 2.45) is 0 Å². The summed E-state index contributed by atoms with van der Waals surface area (Å²) in [4.78, 5) is 21.3. The first-order chi connectivity index (χ1) is 19.7. The highest BCUT2D eigenvalue weighted by atomic mass is 127. The number of ether oxygens (including phenoxy) is 2. The lowest BCUT2D eigenvalue weighted by Crippen LogP contribution is -2.40. The third kappa shape index (κ3) is 6.62. The smallest absolute Gasteiger partial charge is 0.282 e. The Morgan fingerprint density at radius 2 is 1.98 bits per heavy atom. The van der Waals surface area contributed by atoms with Crippen LogP contribution in [0, 0.1) is 12.3 Å². The summed E-state index contributed by atoms with van der Waals surface area (Å²) >= 11 is 3.78. The average molecular weight is 704 g/mol. The normalized spacial score (nSPS) is 19.8. The van der Waals surface area contributed by atoms with Gasteiger partial charge in [0.25, 0.3) is 12.9 Å². The van der Waals surface area contributed by atoms with Gasteiger partial charge in [-0.3, -0.25) is 9.48 Å². The first kappa shape index (κ1) is 29.6. The maximum Gasteiger partial charge on any atom is 0.282 e. The molecule has 4 heterocycles. The van der Waals surface area contributed by atoms with Gasteiger partial charge in [-0.05, 0) is 47.6 Å². The molecule has 2 aromatic heterocycles. The van der Waals surface area contributed by atoms with Crippen molar-refractivity contribution in [3.05, 3.63) is 57.7 Å². The molecular formula is C27H26F4IN5O3S. The zero-order valence-electron chi connectivity index (χ0n) is 21.6. The van der Waals surface area contributed by atoms with Crippen LogP contribution in [0.2, 0.25) is 0 Å². The summed E-state index contributed by atoms with van der Waals surface area (Å²) in [6.07, 6.45) is 0.419. The lowest BCUT2D eigenvalue weighted by molar-refractivity contribution is -0.133. The van der Waals surface area contributed by atoms with Gasteiger partial charge in [0.1, 0.15) is 42.2 Å². The van der Waals surface area contributed by atoms with E-state index in [1.165, 1.54) is 0 Å². The Morgan fingerprint density at radius 1 is 1.22 bits per heavy atom. The number of piperidine rings is 1. The molecule has 0 spiro atoms. The molecule has 0 saturated carbocycles. The molecule has 0 aliphatic carbocycles. The number of terminal acetylenes is 1. The number of amides is 1. The van der Waals surface area contributed by atoms with Gasteiger partial charge in [0.2, 0.25) is 5.91 Å². The molecule has 0 radical (unpaired) electrons. The molecule has 0 N–H and O–H groups in total. The van der Waals surface area contributed by atoms with Gasteiger partial charge in [0.15, 0.2) is 4.23 Å². The quantitative estimate of drug-likeness (QED) is 0.0906. The largest absolute Gasteiger partial charge is 0.481 e. The van der Waals surface area contributed by atoms with Gasteiger partial charge in [-0.15, -0.1) is 17.8 Å². The highest BCUT2D eigenvalue weighted by Crippen LogP contribution is 2.40. The van der Waals surface area contributed by atoms with Crippen LogP contribution in [0.5, 0.6) is 5.75 Å². The number of aromatic nitrogens is 3. The monoisotopic (exact) mass is 703 g/mol. The number of anilines is 1. The topological polar surface area (TPSA) is 72.7 Å². The Morgan fingerprint density at radius 3 is 2.68 bits per heavy atom. The molecule has 0 bridgehead atoms. The minimum atomic E-state index is -3.01. The number of alkyl halides is 5. The Kier molecular flexibility index (Phi) is 9.35. The summed E-state index contributed by atoms with van der Waals surface area (Å²) in [5.41, 5.74) is -0.541. The molecule has 2 aliphatic rings. The maximum atomic E-state index is 13.3. The molecule has 14 heteroatoms. The maximum absolute atomic E-state index is 13.3. The fourth-order valence-corrected chi connectivity index (χ4v) is 6.80. The Balaban J connectivity index is 1.18. The number of likely N-dealkylation sites (tertiary alicyclic amines) is 1. The molecule has 8 nitrogen and oxygen atoms in total. The third-order valence-corrected chi connectivity index (χ3v) is 8.99. The Labute approximate surface area is 251 Å². The molecule has 1 amide bonds. The number of hydrogen-bond donors (Lipinski definition) is 0. The van der Waals surface area contributed by atoms with Crippen LogP contribution < -0.4 is 9.64 Å². The second-order valence-corrected chi connectivity index (χ2v) is 11.5. The molecular weight excluding hydrogens is 677 g/mol. The van der Waals surface area contributed by atoms with E-state index in [1.54, 1.807) is 16.2 Å². The van der Waals surface area contributed by atoms with Gasteiger partial charge in [-0.2, -0.15) is 5.10 Å². The minimum absolute atomic E-state index is 0.134. The van der Waals surface area contributed by atoms with Crippen molar-refractivity contribution < 1.29 is 31.8 Å². The van der Waals surface area contributed by atoms with Crippen molar-refractivity contribution in [3.8, 4) is 18.1 Å². The van der Waals surface area contributed by atoms with E-state index in [9.17, 15) is 22.4 Å². The van der Waals surface area contributed by atoms with E-state index in [2.05, 4.69) is 38.5 Å². The number of carbonyl (C=O) groups is 1. The third-order valence-electron chi connectivity index (χ3n) is 7.02. The summed E-state index contributed by atoms with van der Waals surface area (Å²) in [6.45, 7) is 1.05. The number of halogens is 5. The van der Waals surface area contributed by atoms with Crippen LogP contribution >= 0.6 is 33.9 Å². The molecule has 2 atom stereocenters. The van der Waals surface area contributed by atoms with E-state index >= 15 is 0 Å². The van der Waals surface area contributed by atoms with E-state index in [1.807, 2.05) is 29.6 Å². The van der Waals surface area contributed by atoms with Gasteiger partial charge >= 0.3 is 0 Å². The minimum Gasteiger partial charge on any atom is -0.481 e. The van der Waals surface area contributed by atoms with Crippen molar-refractivity contribution in [3.63, 3.8) is 0 Å². The zero-order chi connectivity index (χ0) is 29.1. The van der Waals surface area contributed by atoms with Crippen molar-refractivity contribution in [2.75, 3.05) is 31.1 Å². The number of thiazole rings is 1. The lowest BCUT2D eigenvalue weighted by atomic mass is 9.97. The van der Waals surface area contributed by atoms with Crippen LogP contribution in [0.15, 0.2) is 35.7 Å². The number of hydrogen-bond acceptors (Lipinski definition) is 7. The Hall–Kier alpha value is -2.90. The highest BCUT2D eigenvalue weighted by molar-refractivity contribution is 14.1. The van der Waals surface area contributed by atoms with Gasteiger partial charge in [-0.25, -0.2) is 22.5 Å². The molecule has 2 aliphatic heterocycles. The molecule has 3 aromatic rings. The van der Waals surface area contributed by atoms with E-state index < -0.39 is 36.7 Å². The molecule has 2 unspecified atom stereocenters. The highest BCUT2D eigenvalue weighted by Gasteiger charge is 2.36. The van der Waals surface area contributed by atoms with Gasteiger partial charge < -0.3 is 19.3 Å². The van der Waals surface area contributed by atoms with Gasteiger partial charge in [0, 0.05) is 30.0 Å². The van der Waals surface area contributed by atoms with Crippen LogP contribution in [0.4, 0.5) is 23.4 Å². The zero-order valence-corrected chi connectivity index (χ0v) is 24.6. The second kappa shape index (κ2) is 13.0. The molecule has 218 valence electrons. The van der Waals surface area contributed by atoms with E-state index in [0.717, 1.165) is 16.4 Å². The molecule has 2 fully saturated rings. The number of para-hydroxylation sites is 1. The van der Waals surface area contributed by atoms with Crippen molar-refractivity contribution in [2.45, 2.75) is 48.5 Å². The first-order valence-corrected chi connectivity index (χ1v) is 15.0. The Bertz CT molecular complexity index is 1410. The van der Waals surface area contributed by atoms with Crippen molar-refractivity contribution in [1.29, 1.82) is 0 Å². The molecule has 41 heavy (non-hydrogen) atoms. The predicted octanol–water partition coefficient (Wildman–Crippen LogP) is 5.93. The second-order valence-electron chi connectivity index (χ2n) is 9.55.